The van der Waals surface area contributed by atoms with Crippen molar-refractivity contribution >= 4 is 38.9 Å². The third-order valence-electron chi connectivity index (χ3n) is 2.93. The second-order valence-corrected chi connectivity index (χ2v) is 6.61. The third kappa shape index (κ3) is 3.02. The summed E-state index contributed by atoms with van der Waals surface area (Å²) in [6.45, 7) is 5.94. The van der Waals surface area contributed by atoms with Crippen LogP contribution in [0.1, 0.15) is 38.9 Å². The Balaban J connectivity index is 2.33. The number of aromatic carboxylic acids is 1. The molecule has 0 fully saturated rings. The number of nitrogens with zero attached hydrogens (tertiary/aromatic N) is 1. The predicted octanol–water partition coefficient (Wildman–Crippen LogP) is 4.39. The zero-order valence-corrected chi connectivity index (χ0v) is 13.8. The van der Waals surface area contributed by atoms with Gasteiger partial charge in [0.1, 0.15) is 0 Å². The van der Waals surface area contributed by atoms with Crippen molar-refractivity contribution in [1.29, 1.82) is 0 Å². The first-order valence-electron chi connectivity index (χ1n) is 6.12. The Kier molecular flexibility index (Phi) is 4.45. The summed E-state index contributed by atoms with van der Waals surface area (Å²) in [5, 5.41) is 13.6. The summed E-state index contributed by atoms with van der Waals surface area (Å²) in [6, 6.07) is 5.32. The van der Waals surface area contributed by atoms with Crippen molar-refractivity contribution in [2.24, 2.45) is 0 Å². The molecule has 0 aliphatic heterocycles. The highest BCUT2D eigenvalue weighted by Crippen LogP contribution is 2.31. The summed E-state index contributed by atoms with van der Waals surface area (Å²) in [7, 11) is 0. The van der Waals surface area contributed by atoms with E-state index in [0.717, 1.165) is 15.6 Å². The van der Waals surface area contributed by atoms with Crippen LogP contribution < -0.4 is 5.32 Å². The van der Waals surface area contributed by atoms with Gasteiger partial charge in [-0.05, 0) is 48.8 Å². The van der Waals surface area contributed by atoms with Crippen LogP contribution in [-0.4, -0.2) is 16.1 Å². The Morgan fingerprint density at radius 2 is 2.15 bits per heavy atom. The number of rotatable bonds is 4. The first-order valence-corrected chi connectivity index (χ1v) is 7.73. The van der Waals surface area contributed by atoms with Crippen molar-refractivity contribution in [3.63, 3.8) is 0 Å². The molecule has 1 unspecified atom stereocenters. The monoisotopic (exact) mass is 354 g/mol. The van der Waals surface area contributed by atoms with Gasteiger partial charge >= 0.3 is 5.97 Å². The second kappa shape index (κ2) is 5.93. The molecule has 106 valence electrons. The standard InChI is InChI=1S/C14H15BrN2O2S/c1-7-13(20-9(3)16-7)8(2)17-11-6-4-5-10(15)12(11)14(18)19/h4-6,8,17H,1-3H3,(H,18,19). The minimum atomic E-state index is -0.954. The molecule has 0 saturated carbocycles. The topological polar surface area (TPSA) is 62.2 Å². The molecule has 1 heterocycles. The first kappa shape index (κ1) is 15.0. The van der Waals surface area contributed by atoms with Crippen LogP contribution in [0.25, 0.3) is 0 Å². The van der Waals surface area contributed by atoms with Crippen LogP contribution in [-0.2, 0) is 0 Å². The van der Waals surface area contributed by atoms with E-state index in [9.17, 15) is 9.90 Å². The normalized spacial score (nSPS) is 12.2. The molecule has 0 saturated heterocycles. The van der Waals surface area contributed by atoms with Gasteiger partial charge in [0.15, 0.2) is 0 Å². The lowest BCUT2D eigenvalue weighted by Crippen LogP contribution is -2.11. The quantitative estimate of drug-likeness (QED) is 0.854. The number of thiazole rings is 1. The Bertz CT molecular complexity index is 655. The molecule has 0 radical (unpaired) electrons. The van der Waals surface area contributed by atoms with Crippen molar-refractivity contribution in [2.75, 3.05) is 5.32 Å². The molecule has 1 atom stereocenters. The van der Waals surface area contributed by atoms with E-state index in [1.54, 1.807) is 23.5 Å². The van der Waals surface area contributed by atoms with Gasteiger partial charge in [-0.25, -0.2) is 9.78 Å². The molecular weight excluding hydrogens is 340 g/mol. The lowest BCUT2D eigenvalue weighted by molar-refractivity contribution is 0.0697. The Morgan fingerprint density at radius 3 is 2.70 bits per heavy atom. The summed E-state index contributed by atoms with van der Waals surface area (Å²) in [4.78, 5) is 16.9. The van der Waals surface area contributed by atoms with Crippen LogP contribution >= 0.6 is 27.3 Å². The smallest absolute Gasteiger partial charge is 0.338 e. The number of carboxylic acids is 1. The van der Waals surface area contributed by atoms with Crippen LogP contribution in [0.4, 0.5) is 5.69 Å². The number of halogens is 1. The van der Waals surface area contributed by atoms with Crippen LogP contribution in [0.2, 0.25) is 0 Å². The van der Waals surface area contributed by atoms with E-state index < -0.39 is 5.97 Å². The molecule has 0 aliphatic rings. The largest absolute Gasteiger partial charge is 0.478 e. The number of hydrogen-bond acceptors (Lipinski definition) is 4. The van der Waals surface area contributed by atoms with Gasteiger partial charge in [0, 0.05) is 9.35 Å². The fourth-order valence-electron chi connectivity index (χ4n) is 2.11. The Hall–Kier alpha value is -1.40. The maximum absolute atomic E-state index is 11.4. The van der Waals surface area contributed by atoms with Gasteiger partial charge in [-0.1, -0.05) is 6.07 Å². The molecule has 6 heteroatoms. The number of aryl methyl sites for hydroxylation is 2. The molecular formula is C14H15BrN2O2S. The number of benzene rings is 1. The molecule has 0 aliphatic carbocycles. The van der Waals surface area contributed by atoms with Crippen molar-refractivity contribution in [3.8, 4) is 0 Å². The summed E-state index contributed by atoms with van der Waals surface area (Å²) < 4.78 is 0.569. The summed E-state index contributed by atoms with van der Waals surface area (Å²) >= 11 is 4.91. The van der Waals surface area contributed by atoms with Crippen molar-refractivity contribution in [3.05, 3.63) is 43.8 Å². The highest BCUT2D eigenvalue weighted by atomic mass is 79.9. The predicted molar refractivity (Wildman–Crippen MR) is 84.7 cm³/mol. The van der Waals surface area contributed by atoms with Gasteiger partial charge in [0.2, 0.25) is 0 Å². The van der Waals surface area contributed by atoms with Crippen molar-refractivity contribution < 1.29 is 9.90 Å². The fraction of sp³-hybridized carbons (Fsp3) is 0.286. The van der Waals surface area contributed by atoms with E-state index >= 15 is 0 Å². The highest BCUT2D eigenvalue weighted by molar-refractivity contribution is 9.10. The van der Waals surface area contributed by atoms with Crippen molar-refractivity contribution in [1.82, 2.24) is 4.98 Å². The SMILES string of the molecule is Cc1nc(C)c(C(C)Nc2cccc(Br)c2C(=O)O)s1. The van der Waals surface area contributed by atoms with Gasteiger partial charge in [-0.3, -0.25) is 0 Å². The maximum Gasteiger partial charge on any atom is 0.338 e. The zero-order chi connectivity index (χ0) is 14.9. The van der Waals surface area contributed by atoms with E-state index in [-0.39, 0.29) is 11.6 Å². The summed E-state index contributed by atoms with van der Waals surface area (Å²) in [6.07, 6.45) is 0. The van der Waals surface area contributed by atoms with Crippen LogP contribution in [0.15, 0.2) is 22.7 Å². The van der Waals surface area contributed by atoms with Crippen molar-refractivity contribution in [2.45, 2.75) is 26.8 Å². The average Bonchev–Trinajstić information content (AvgIpc) is 2.68. The Labute approximate surface area is 130 Å². The minimum absolute atomic E-state index is 0.00796. The zero-order valence-electron chi connectivity index (χ0n) is 11.4. The molecule has 1 aromatic heterocycles. The number of aromatic nitrogens is 1. The minimum Gasteiger partial charge on any atom is -0.478 e. The number of nitrogens with one attached hydrogen (secondary N) is 1. The highest BCUT2D eigenvalue weighted by Gasteiger charge is 2.18. The van der Waals surface area contributed by atoms with Crippen LogP contribution in [0, 0.1) is 13.8 Å². The molecule has 1 aromatic carbocycles. The van der Waals surface area contributed by atoms with E-state index in [2.05, 4.69) is 26.2 Å². The number of carboxylic acid groups (broad SMARTS) is 1. The molecule has 2 N–H and O–H groups in total. The third-order valence-corrected chi connectivity index (χ3v) is 4.85. The van der Waals surface area contributed by atoms with Crippen LogP contribution in [0.5, 0.6) is 0 Å². The summed E-state index contributed by atoms with van der Waals surface area (Å²) in [5.41, 5.74) is 1.84. The number of carbonyl (C=O) groups is 1. The van der Waals surface area contributed by atoms with Gasteiger partial charge < -0.3 is 10.4 Å². The lowest BCUT2D eigenvalue weighted by atomic mass is 10.1. The fourth-order valence-corrected chi connectivity index (χ4v) is 3.58. The maximum atomic E-state index is 11.4. The molecule has 4 nitrogen and oxygen atoms in total. The lowest BCUT2D eigenvalue weighted by Gasteiger charge is -2.17. The Morgan fingerprint density at radius 1 is 1.45 bits per heavy atom. The molecule has 0 bridgehead atoms. The van der Waals surface area contributed by atoms with Gasteiger partial charge in [0.05, 0.1) is 28.0 Å². The molecule has 0 spiro atoms. The van der Waals surface area contributed by atoms with Gasteiger partial charge in [-0.2, -0.15) is 0 Å². The number of anilines is 1. The first-order chi connectivity index (χ1) is 9.40. The summed E-state index contributed by atoms with van der Waals surface area (Å²) in [5.74, 6) is -0.954. The van der Waals surface area contributed by atoms with E-state index in [1.807, 2.05) is 26.8 Å². The average molecular weight is 355 g/mol. The van der Waals surface area contributed by atoms with E-state index in [4.69, 9.17) is 0 Å². The van der Waals surface area contributed by atoms with E-state index in [0.29, 0.717) is 10.2 Å². The molecule has 2 aromatic rings. The molecule has 2 rings (SSSR count). The van der Waals surface area contributed by atoms with Gasteiger partial charge in [0.25, 0.3) is 0 Å². The van der Waals surface area contributed by atoms with E-state index in [1.165, 1.54) is 0 Å². The van der Waals surface area contributed by atoms with Gasteiger partial charge in [-0.15, -0.1) is 11.3 Å². The van der Waals surface area contributed by atoms with Crippen LogP contribution in [0.3, 0.4) is 0 Å². The number of hydrogen-bond donors (Lipinski definition) is 2. The molecule has 0 amide bonds. The second-order valence-electron chi connectivity index (χ2n) is 4.52. The molecule has 20 heavy (non-hydrogen) atoms.